The Bertz CT molecular complexity index is 939. The second-order valence-electron chi connectivity index (χ2n) is 7.10. The maximum absolute atomic E-state index is 6.57. The van der Waals surface area contributed by atoms with E-state index in [-0.39, 0.29) is 12.3 Å². The van der Waals surface area contributed by atoms with Crippen molar-refractivity contribution in [2.45, 2.75) is 37.9 Å². The van der Waals surface area contributed by atoms with Crippen molar-refractivity contribution in [3.63, 3.8) is 0 Å². The second-order valence-corrected chi connectivity index (χ2v) is 7.95. The SMILES string of the molecule is CC1NC(COCc2ccccc2)OC1(Cn1cncn1)c1ccc(Cl)cc1Cl. The van der Waals surface area contributed by atoms with Crippen LogP contribution in [0.1, 0.15) is 18.1 Å². The monoisotopic (exact) mass is 432 g/mol. The Morgan fingerprint density at radius 2 is 2.03 bits per heavy atom. The Hall–Kier alpha value is -1.96. The predicted molar refractivity (Wildman–Crippen MR) is 112 cm³/mol. The molecule has 0 aliphatic carbocycles. The minimum Gasteiger partial charge on any atom is -0.373 e. The quantitative estimate of drug-likeness (QED) is 0.610. The molecule has 1 N–H and O–H groups in total. The molecule has 8 heteroatoms. The summed E-state index contributed by atoms with van der Waals surface area (Å²) in [4.78, 5) is 4.05. The topological polar surface area (TPSA) is 61.2 Å². The fourth-order valence-corrected chi connectivity index (χ4v) is 4.26. The van der Waals surface area contributed by atoms with Gasteiger partial charge in [0.05, 0.1) is 19.8 Å². The van der Waals surface area contributed by atoms with Crippen molar-refractivity contribution in [1.29, 1.82) is 0 Å². The lowest BCUT2D eigenvalue weighted by Crippen LogP contribution is -2.43. The van der Waals surface area contributed by atoms with E-state index in [2.05, 4.69) is 22.3 Å². The van der Waals surface area contributed by atoms with Gasteiger partial charge in [-0.1, -0.05) is 59.6 Å². The Morgan fingerprint density at radius 1 is 1.21 bits per heavy atom. The predicted octanol–water partition coefficient (Wildman–Crippen LogP) is 4.03. The average molecular weight is 433 g/mol. The summed E-state index contributed by atoms with van der Waals surface area (Å²) in [5.41, 5.74) is 1.23. The van der Waals surface area contributed by atoms with Crippen LogP contribution in [0.25, 0.3) is 0 Å². The van der Waals surface area contributed by atoms with E-state index in [0.29, 0.717) is 29.8 Å². The van der Waals surface area contributed by atoms with E-state index < -0.39 is 5.60 Å². The largest absolute Gasteiger partial charge is 0.373 e. The lowest BCUT2D eigenvalue weighted by atomic mass is 9.87. The number of benzene rings is 2. The Labute approximate surface area is 179 Å². The number of halogens is 2. The van der Waals surface area contributed by atoms with Crippen LogP contribution in [-0.2, 0) is 28.2 Å². The third kappa shape index (κ3) is 4.47. The van der Waals surface area contributed by atoms with Crippen LogP contribution in [0.15, 0.2) is 61.2 Å². The van der Waals surface area contributed by atoms with Crippen molar-refractivity contribution in [2.75, 3.05) is 6.61 Å². The molecule has 1 fully saturated rings. The van der Waals surface area contributed by atoms with E-state index in [1.807, 2.05) is 42.5 Å². The molecule has 4 rings (SSSR count). The maximum atomic E-state index is 6.57. The van der Waals surface area contributed by atoms with Crippen LogP contribution in [0.4, 0.5) is 0 Å². The summed E-state index contributed by atoms with van der Waals surface area (Å²) >= 11 is 12.7. The van der Waals surface area contributed by atoms with Gasteiger partial charge in [0.1, 0.15) is 24.5 Å². The standard InChI is InChI=1S/C21H22Cl2N4O2/c1-15-21(12-27-14-24-13-25-27,18-8-7-17(22)9-19(18)23)29-20(26-15)11-28-10-16-5-3-2-4-6-16/h2-9,13-15,20,26H,10-12H2,1H3. The zero-order valence-corrected chi connectivity index (χ0v) is 17.5. The first kappa shape index (κ1) is 20.3. The molecule has 0 amide bonds. The molecular formula is C21H22Cl2N4O2. The van der Waals surface area contributed by atoms with Gasteiger partial charge in [0.2, 0.25) is 0 Å². The fourth-order valence-electron chi connectivity index (χ4n) is 3.69. The summed E-state index contributed by atoms with van der Waals surface area (Å²) < 4.78 is 14.2. The molecule has 2 aromatic carbocycles. The van der Waals surface area contributed by atoms with Crippen LogP contribution >= 0.6 is 23.2 Å². The van der Waals surface area contributed by atoms with Gasteiger partial charge >= 0.3 is 0 Å². The minimum atomic E-state index is -0.740. The van der Waals surface area contributed by atoms with Crippen molar-refractivity contribution in [3.05, 3.63) is 82.4 Å². The van der Waals surface area contributed by atoms with Crippen molar-refractivity contribution < 1.29 is 9.47 Å². The van der Waals surface area contributed by atoms with E-state index in [0.717, 1.165) is 11.1 Å². The number of ether oxygens (including phenoxy) is 2. The molecule has 1 aliphatic rings. The van der Waals surface area contributed by atoms with Crippen LogP contribution in [0.5, 0.6) is 0 Å². The van der Waals surface area contributed by atoms with Gasteiger partial charge in [-0.2, -0.15) is 5.10 Å². The summed E-state index contributed by atoms with van der Waals surface area (Å²) in [5, 5.41) is 8.87. The molecule has 29 heavy (non-hydrogen) atoms. The van der Waals surface area contributed by atoms with E-state index in [1.54, 1.807) is 17.1 Å². The molecule has 0 saturated carbocycles. The average Bonchev–Trinajstić information content (AvgIpc) is 3.31. The van der Waals surface area contributed by atoms with E-state index in [4.69, 9.17) is 32.7 Å². The van der Waals surface area contributed by atoms with Gasteiger partial charge in [0.25, 0.3) is 0 Å². The second kappa shape index (κ2) is 8.81. The highest BCUT2D eigenvalue weighted by Gasteiger charge is 2.49. The van der Waals surface area contributed by atoms with Gasteiger partial charge in [-0.05, 0) is 24.6 Å². The molecule has 1 saturated heterocycles. The van der Waals surface area contributed by atoms with Crippen molar-refractivity contribution in [2.24, 2.45) is 0 Å². The minimum absolute atomic E-state index is 0.0456. The van der Waals surface area contributed by atoms with Crippen molar-refractivity contribution in [1.82, 2.24) is 20.1 Å². The third-order valence-electron chi connectivity index (χ3n) is 5.12. The first-order chi connectivity index (χ1) is 14.1. The van der Waals surface area contributed by atoms with Gasteiger partial charge in [-0.3, -0.25) is 5.32 Å². The van der Waals surface area contributed by atoms with Gasteiger partial charge < -0.3 is 9.47 Å². The number of hydrogen-bond donors (Lipinski definition) is 1. The van der Waals surface area contributed by atoms with Gasteiger partial charge in [-0.25, -0.2) is 9.67 Å². The number of aromatic nitrogens is 3. The number of nitrogens with zero attached hydrogens (tertiary/aromatic N) is 3. The van der Waals surface area contributed by atoms with E-state index in [1.165, 1.54) is 6.33 Å². The molecule has 1 aromatic heterocycles. The van der Waals surface area contributed by atoms with Crippen LogP contribution in [0.3, 0.4) is 0 Å². The lowest BCUT2D eigenvalue weighted by Gasteiger charge is -2.33. The molecule has 0 radical (unpaired) electrons. The molecule has 1 aliphatic heterocycles. The molecular weight excluding hydrogens is 411 g/mol. The normalized spacial score (nSPS) is 24.1. The highest BCUT2D eigenvalue weighted by molar-refractivity contribution is 6.35. The highest BCUT2D eigenvalue weighted by atomic mass is 35.5. The van der Waals surface area contributed by atoms with Gasteiger partial charge in [0, 0.05) is 21.7 Å². The number of rotatable bonds is 7. The Kier molecular flexibility index (Phi) is 6.18. The molecule has 152 valence electrons. The van der Waals surface area contributed by atoms with Gasteiger partial charge in [0.15, 0.2) is 0 Å². The van der Waals surface area contributed by atoms with Crippen LogP contribution < -0.4 is 5.32 Å². The van der Waals surface area contributed by atoms with Gasteiger partial charge in [-0.15, -0.1) is 0 Å². The van der Waals surface area contributed by atoms with E-state index >= 15 is 0 Å². The fraction of sp³-hybridized carbons (Fsp3) is 0.333. The number of nitrogens with one attached hydrogen (secondary N) is 1. The molecule has 2 heterocycles. The summed E-state index contributed by atoms with van der Waals surface area (Å²) in [6, 6.07) is 15.5. The summed E-state index contributed by atoms with van der Waals surface area (Å²) in [7, 11) is 0. The molecule has 0 spiro atoms. The zero-order chi connectivity index (χ0) is 20.3. The van der Waals surface area contributed by atoms with Crippen LogP contribution in [0.2, 0.25) is 10.0 Å². The summed E-state index contributed by atoms with van der Waals surface area (Å²) in [6.07, 6.45) is 2.88. The van der Waals surface area contributed by atoms with Crippen molar-refractivity contribution >= 4 is 23.2 Å². The highest BCUT2D eigenvalue weighted by Crippen LogP contribution is 2.41. The molecule has 3 unspecified atom stereocenters. The number of hydrogen-bond acceptors (Lipinski definition) is 5. The van der Waals surface area contributed by atoms with E-state index in [9.17, 15) is 0 Å². The summed E-state index contributed by atoms with van der Waals surface area (Å²) in [5.74, 6) is 0. The first-order valence-electron chi connectivity index (χ1n) is 9.40. The maximum Gasteiger partial charge on any atom is 0.137 e. The van der Waals surface area contributed by atoms with Crippen LogP contribution in [0, 0.1) is 0 Å². The lowest BCUT2D eigenvalue weighted by molar-refractivity contribution is -0.0928. The van der Waals surface area contributed by atoms with Crippen molar-refractivity contribution in [3.8, 4) is 0 Å². The summed E-state index contributed by atoms with van der Waals surface area (Å²) in [6.45, 7) is 3.45. The Morgan fingerprint density at radius 3 is 2.76 bits per heavy atom. The van der Waals surface area contributed by atoms with Crippen LogP contribution in [-0.4, -0.2) is 33.6 Å². The molecule has 3 atom stereocenters. The molecule has 3 aromatic rings. The zero-order valence-electron chi connectivity index (χ0n) is 16.0. The molecule has 0 bridgehead atoms. The molecule has 6 nitrogen and oxygen atoms in total. The third-order valence-corrected chi connectivity index (χ3v) is 5.67. The smallest absolute Gasteiger partial charge is 0.137 e. The Balaban J connectivity index is 1.54. The first-order valence-corrected chi connectivity index (χ1v) is 10.2.